The molecule has 1 aliphatic rings. The Labute approximate surface area is 157 Å². The summed E-state index contributed by atoms with van der Waals surface area (Å²) >= 11 is 5.63. The molecular weight excluding hydrogens is 346 g/mol. The van der Waals surface area contributed by atoms with Crippen LogP contribution in [0.4, 0.5) is 5.69 Å². The monoisotopic (exact) mass is 367 g/mol. The second-order valence-corrected chi connectivity index (χ2v) is 6.97. The van der Waals surface area contributed by atoms with Crippen molar-refractivity contribution in [2.45, 2.75) is 31.2 Å². The van der Waals surface area contributed by atoms with E-state index in [1.165, 1.54) is 0 Å². The number of hydrogen-bond acceptors (Lipinski definition) is 4. The Morgan fingerprint density at radius 2 is 2.04 bits per heavy atom. The fourth-order valence-electron chi connectivity index (χ4n) is 3.75. The van der Waals surface area contributed by atoms with Crippen molar-refractivity contribution in [1.29, 1.82) is 0 Å². The van der Waals surface area contributed by atoms with E-state index in [1.807, 2.05) is 36.4 Å². The third kappa shape index (κ3) is 3.01. The molecule has 3 aromatic rings. The first-order valence-electron chi connectivity index (χ1n) is 8.77. The maximum Gasteiger partial charge on any atom is 0.171 e. The first kappa shape index (κ1) is 16.8. The van der Waals surface area contributed by atoms with Crippen LogP contribution in [-0.2, 0) is 5.54 Å². The van der Waals surface area contributed by atoms with E-state index in [0.29, 0.717) is 5.11 Å². The van der Waals surface area contributed by atoms with E-state index in [4.69, 9.17) is 21.4 Å². The van der Waals surface area contributed by atoms with Crippen LogP contribution < -0.4 is 15.4 Å². The topological polar surface area (TPSA) is 59.3 Å². The Bertz CT molecular complexity index is 918. The highest BCUT2D eigenvalue weighted by Gasteiger charge is 2.38. The smallest absolute Gasteiger partial charge is 0.171 e. The van der Waals surface area contributed by atoms with Crippen molar-refractivity contribution in [3.05, 3.63) is 54.6 Å². The molecule has 0 saturated heterocycles. The third-order valence-corrected chi connectivity index (χ3v) is 5.21. The zero-order valence-electron chi connectivity index (χ0n) is 14.6. The summed E-state index contributed by atoms with van der Waals surface area (Å²) in [5.41, 5.74) is 1.48. The van der Waals surface area contributed by atoms with Gasteiger partial charge in [-0.15, -0.1) is 0 Å². The van der Waals surface area contributed by atoms with Crippen LogP contribution in [0.25, 0.3) is 10.9 Å². The van der Waals surface area contributed by atoms with Crippen molar-refractivity contribution in [2.75, 3.05) is 12.4 Å². The van der Waals surface area contributed by atoms with Crippen LogP contribution in [0, 0.1) is 0 Å². The number of pyridine rings is 1. The van der Waals surface area contributed by atoms with Crippen molar-refractivity contribution < 1.29 is 9.15 Å². The largest absolute Gasteiger partial charge is 0.494 e. The van der Waals surface area contributed by atoms with E-state index in [-0.39, 0.29) is 5.54 Å². The maximum absolute atomic E-state index is 5.70. The van der Waals surface area contributed by atoms with Crippen LogP contribution >= 0.6 is 12.2 Å². The molecule has 4 rings (SSSR count). The molecule has 1 saturated carbocycles. The number of anilines is 1. The van der Waals surface area contributed by atoms with Gasteiger partial charge in [-0.05, 0) is 61.5 Å². The Morgan fingerprint density at radius 1 is 1.19 bits per heavy atom. The van der Waals surface area contributed by atoms with Gasteiger partial charge < -0.3 is 19.8 Å². The highest BCUT2D eigenvalue weighted by Crippen LogP contribution is 2.39. The zero-order valence-corrected chi connectivity index (χ0v) is 15.4. The minimum atomic E-state index is -0.228. The fourth-order valence-corrected chi connectivity index (χ4v) is 4.06. The highest BCUT2D eigenvalue weighted by atomic mass is 32.1. The molecule has 0 aliphatic heterocycles. The average molecular weight is 367 g/mol. The lowest BCUT2D eigenvalue weighted by atomic mass is 9.94. The van der Waals surface area contributed by atoms with Gasteiger partial charge >= 0.3 is 0 Å². The Balaban J connectivity index is 1.60. The van der Waals surface area contributed by atoms with Crippen LogP contribution in [0.2, 0.25) is 0 Å². The number of nitrogens with zero attached hydrogens (tertiary/aromatic N) is 1. The van der Waals surface area contributed by atoms with E-state index in [1.54, 1.807) is 19.6 Å². The normalized spacial score (nSPS) is 15.7. The molecule has 0 spiro atoms. The van der Waals surface area contributed by atoms with E-state index >= 15 is 0 Å². The lowest BCUT2D eigenvalue weighted by Gasteiger charge is -2.30. The summed E-state index contributed by atoms with van der Waals surface area (Å²) in [5, 5.41) is 8.39. The van der Waals surface area contributed by atoms with Gasteiger partial charge in [0.1, 0.15) is 17.0 Å². The molecule has 0 unspecified atom stereocenters. The average Bonchev–Trinajstić information content (AvgIpc) is 3.34. The van der Waals surface area contributed by atoms with Crippen LogP contribution in [0.5, 0.6) is 5.75 Å². The lowest BCUT2D eigenvalue weighted by molar-refractivity contribution is 0.317. The number of aromatic nitrogens is 1. The number of furan rings is 1. The Kier molecular flexibility index (Phi) is 4.51. The molecule has 0 amide bonds. The van der Waals surface area contributed by atoms with Crippen molar-refractivity contribution in [3.63, 3.8) is 0 Å². The number of rotatable bonds is 4. The molecule has 2 aromatic heterocycles. The van der Waals surface area contributed by atoms with Crippen molar-refractivity contribution in [3.8, 4) is 5.75 Å². The van der Waals surface area contributed by atoms with Crippen molar-refractivity contribution in [2.24, 2.45) is 0 Å². The molecular formula is C20H21N3O2S. The van der Waals surface area contributed by atoms with Gasteiger partial charge in [0.2, 0.25) is 0 Å². The fraction of sp³-hybridized carbons (Fsp3) is 0.300. The zero-order chi connectivity index (χ0) is 18.0. The number of ether oxygens (including phenoxy) is 1. The van der Waals surface area contributed by atoms with Crippen LogP contribution in [-0.4, -0.2) is 17.2 Å². The number of hydrogen-bond donors (Lipinski definition) is 2. The standard InChI is InChI=1S/C20H21N3O2S/c1-24-16-9-8-15(14-6-4-12-21-18(14)16)22-19(26)23-20(10-2-3-11-20)17-7-5-13-25-17/h4-9,12-13H,2-3,10-11H2,1H3,(H2,22,23,26). The Morgan fingerprint density at radius 3 is 2.77 bits per heavy atom. The van der Waals surface area contributed by atoms with Crippen LogP contribution in [0.1, 0.15) is 31.4 Å². The highest BCUT2D eigenvalue weighted by molar-refractivity contribution is 7.80. The first-order valence-corrected chi connectivity index (χ1v) is 9.17. The second-order valence-electron chi connectivity index (χ2n) is 6.56. The third-order valence-electron chi connectivity index (χ3n) is 5.00. The predicted molar refractivity (Wildman–Crippen MR) is 107 cm³/mol. The molecule has 1 aliphatic carbocycles. The van der Waals surface area contributed by atoms with E-state index in [2.05, 4.69) is 15.6 Å². The van der Waals surface area contributed by atoms with Crippen molar-refractivity contribution >= 4 is 33.9 Å². The van der Waals surface area contributed by atoms with Gasteiger partial charge in [0, 0.05) is 17.3 Å². The summed E-state index contributed by atoms with van der Waals surface area (Å²) in [6, 6.07) is 11.7. The Hall–Kier alpha value is -2.60. The minimum Gasteiger partial charge on any atom is -0.494 e. The summed E-state index contributed by atoms with van der Waals surface area (Å²) in [4.78, 5) is 4.43. The molecule has 1 fully saturated rings. The maximum atomic E-state index is 5.70. The lowest BCUT2D eigenvalue weighted by Crippen LogP contribution is -2.45. The summed E-state index contributed by atoms with van der Waals surface area (Å²) < 4.78 is 11.1. The summed E-state index contributed by atoms with van der Waals surface area (Å²) in [5.74, 6) is 1.69. The van der Waals surface area contributed by atoms with Gasteiger partial charge in [-0.2, -0.15) is 0 Å². The molecule has 0 atom stereocenters. The van der Waals surface area contributed by atoms with E-state index < -0.39 is 0 Å². The van der Waals surface area contributed by atoms with Gasteiger partial charge in [0.25, 0.3) is 0 Å². The number of benzene rings is 1. The molecule has 26 heavy (non-hydrogen) atoms. The number of thiocarbonyl (C=S) groups is 1. The van der Waals surface area contributed by atoms with E-state index in [0.717, 1.165) is 53.8 Å². The van der Waals surface area contributed by atoms with Crippen molar-refractivity contribution in [1.82, 2.24) is 10.3 Å². The predicted octanol–water partition coefficient (Wildman–Crippen LogP) is 4.59. The van der Waals surface area contributed by atoms with Gasteiger partial charge in [0.15, 0.2) is 5.11 Å². The molecule has 2 heterocycles. The first-order chi connectivity index (χ1) is 12.7. The molecule has 6 heteroatoms. The molecule has 5 nitrogen and oxygen atoms in total. The molecule has 2 N–H and O–H groups in total. The molecule has 1 aromatic carbocycles. The number of methoxy groups -OCH3 is 1. The summed E-state index contributed by atoms with van der Waals surface area (Å²) in [6.07, 6.45) is 7.81. The van der Waals surface area contributed by atoms with Gasteiger partial charge in [0.05, 0.1) is 18.9 Å². The summed E-state index contributed by atoms with van der Waals surface area (Å²) in [6.45, 7) is 0. The minimum absolute atomic E-state index is 0.228. The second kappa shape index (κ2) is 6.96. The van der Waals surface area contributed by atoms with Crippen LogP contribution in [0.15, 0.2) is 53.3 Å². The van der Waals surface area contributed by atoms with E-state index in [9.17, 15) is 0 Å². The van der Waals surface area contributed by atoms with Gasteiger partial charge in [-0.1, -0.05) is 12.8 Å². The number of nitrogens with one attached hydrogen (secondary N) is 2. The molecule has 0 radical (unpaired) electrons. The molecule has 0 bridgehead atoms. The quantitative estimate of drug-likeness (QED) is 0.658. The summed E-state index contributed by atoms with van der Waals surface area (Å²) in [7, 11) is 1.65. The SMILES string of the molecule is COc1ccc(NC(=S)NC2(c3ccco3)CCCC2)c2cccnc12. The number of fused-ring (bicyclic) bond motifs is 1. The van der Waals surface area contributed by atoms with Crippen LogP contribution in [0.3, 0.4) is 0 Å². The van der Waals surface area contributed by atoms with Gasteiger partial charge in [-0.25, -0.2) is 0 Å². The van der Waals surface area contributed by atoms with Gasteiger partial charge in [-0.3, -0.25) is 4.98 Å². The molecule has 134 valence electrons.